The van der Waals surface area contributed by atoms with E-state index in [1.807, 2.05) is 0 Å². The van der Waals surface area contributed by atoms with Gasteiger partial charge in [0.25, 0.3) is 0 Å². The van der Waals surface area contributed by atoms with Gasteiger partial charge in [-0.1, -0.05) is 64.9 Å². The Kier molecular flexibility index (Phi) is 7.08. The van der Waals surface area contributed by atoms with Gasteiger partial charge in [0.15, 0.2) is 0 Å². The average molecular weight is 375 g/mol. The van der Waals surface area contributed by atoms with Gasteiger partial charge in [-0.15, -0.1) is 0 Å². The molecule has 0 saturated heterocycles. The summed E-state index contributed by atoms with van der Waals surface area (Å²) in [7, 11) is 0. The smallest absolute Gasteiger partial charge is 0.331 e. The normalized spacial score (nSPS) is 28.7. The first-order valence-corrected chi connectivity index (χ1v) is 11.8. The van der Waals surface area contributed by atoms with Crippen LogP contribution in [0, 0.1) is 29.1 Å². The molecule has 0 radical (unpaired) electrons. The molecule has 0 heterocycles. The topological polar surface area (TPSA) is 37.3 Å². The number of rotatable bonds is 4. The second-order valence-electron chi connectivity index (χ2n) is 10.8. The molecular weight excluding hydrogens is 332 g/mol. The summed E-state index contributed by atoms with van der Waals surface area (Å²) in [6, 6.07) is 0. The molecule has 0 aromatic heterocycles. The molecule has 1 N–H and O–H groups in total. The molecular formula is C25H42O2. The van der Waals surface area contributed by atoms with Crippen LogP contribution in [0.15, 0.2) is 11.1 Å². The maximum atomic E-state index is 12.5. The Hall–Kier alpha value is -0.790. The van der Waals surface area contributed by atoms with Gasteiger partial charge in [0.2, 0.25) is 0 Å². The highest BCUT2D eigenvalue weighted by molar-refractivity contribution is 5.88. The lowest BCUT2D eigenvalue weighted by Gasteiger charge is -2.40. The molecule has 3 rings (SSSR count). The van der Waals surface area contributed by atoms with Crippen molar-refractivity contribution >= 4 is 5.97 Å². The third kappa shape index (κ3) is 5.18. The van der Waals surface area contributed by atoms with Crippen molar-refractivity contribution in [3.8, 4) is 0 Å². The minimum Gasteiger partial charge on any atom is -0.478 e. The van der Waals surface area contributed by atoms with Gasteiger partial charge >= 0.3 is 5.97 Å². The number of allylic oxidation sites excluding steroid dienone is 1. The summed E-state index contributed by atoms with van der Waals surface area (Å²) in [5.41, 5.74) is 2.68. The van der Waals surface area contributed by atoms with Crippen LogP contribution in [0.5, 0.6) is 0 Å². The SMILES string of the molecule is CC(C)(C)C1CCC(C(C(=O)O)=C(C2CCCCC2)C2CCCCC2)CC1. The molecule has 3 aliphatic rings. The van der Waals surface area contributed by atoms with Gasteiger partial charge in [0.05, 0.1) is 0 Å². The summed E-state index contributed by atoms with van der Waals surface area (Å²) >= 11 is 0. The number of carboxylic acids is 1. The summed E-state index contributed by atoms with van der Waals surface area (Å²) < 4.78 is 0. The fourth-order valence-electron chi connectivity index (χ4n) is 6.38. The van der Waals surface area contributed by atoms with Gasteiger partial charge in [-0.3, -0.25) is 0 Å². The predicted molar refractivity (Wildman–Crippen MR) is 113 cm³/mol. The highest BCUT2D eigenvalue weighted by atomic mass is 16.4. The zero-order valence-electron chi connectivity index (χ0n) is 18.1. The van der Waals surface area contributed by atoms with Crippen LogP contribution in [0.4, 0.5) is 0 Å². The monoisotopic (exact) mass is 374 g/mol. The van der Waals surface area contributed by atoms with Crippen LogP contribution in [-0.2, 0) is 4.79 Å². The van der Waals surface area contributed by atoms with Gasteiger partial charge in [-0.05, 0) is 80.5 Å². The number of hydrogen-bond acceptors (Lipinski definition) is 1. The van der Waals surface area contributed by atoms with E-state index in [9.17, 15) is 9.90 Å². The number of carbonyl (C=O) groups is 1. The zero-order valence-corrected chi connectivity index (χ0v) is 18.1. The Labute approximate surface area is 167 Å². The van der Waals surface area contributed by atoms with Crippen LogP contribution < -0.4 is 0 Å². The fraction of sp³-hybridized carbons (Fsp3) is 0.880. The van der Waals surface area contributed by atoms with Crippen LogP contribution in [0.1, 0.15) is 111 Å². The van der Waals surface area contributed by atoms with E-state index in [1.165, 1.54) is 82.6 Å². The molecule has 154 valence electrons. The Morgan fingerprint density at radius 3 is 1.48 bits per heavy atom. The van der Waals surface area contributed by atoms with Gasteiger partial charge in [-0.2, -0.15) is 0 Å². The standard InChI is InChI=1S/C25H42O2/c1-25(2,3)21-16-14-20(15-17-21)23(24(26)27)22(18-10-6-4-7-11-18)19-12-8-5-9-13-19/h18-21H,4-17H2,1-3H3,(H,26,27). The Morgan fingerprint density at radius 1 is 0.667 bits per heavy atom. The maximum absolute atomic E-state index is 12.5. The highest BCUT2D eigenvalue weighted by Gasteiger charge is 2.37. The summed E-state index contributed by atoms with van der Waals surface area (Å²) in [5, 5.41) is 10.3. The quantitative estimate of drug-likeness (QED) is 0.521. The third-order valence-electron chi connectivity index (χ3n) is 7.99. The third-order valence-corrected chi connectivity index (χ3v) is 7.99. The first-order valence-electron chi connectivity index (χ1n) is 11.8. The van der Waals surface area contributed by atoms with E-state index in [0.29, 0.717) is 23.2 Å². The van der Waals surface area contributed by atoms with Crippen LogP contribution in [0.3, 0.4) is 0 Å². The van der Waals surface area contributed by atoms with Gasteiger partial charge in [0, 0.05) is 5.57 Å². The Balaban J connectivity index is 1.88. The summed E-state index contributed by atoms with van der Waals surface area (Å²) in [5.74, 6) is 1.60. The zero-order chi connectivity index (χ0) is 19.4. The van der Waals surface area contributed by atoms with E-state index in [-0.39, 0.29) is 0 Å². The summed E-state index contributed by atoms with van der Waals surface area (Å²) in [6.45, 7) is 7.05. The van der Waals surface area contributed by atoms with Crippen molar-refractivity contribution < 1.29 is 9.90 Å². The molecule has 0 spiro atoms. The predicted octanol–water partition coefficient (Wildman–Crippen LogP) is 7.38. The Bertz CT molecular complexity index is 499. The van der Waals surface area contributed by atoms with Crippen molar-refractivity contribution in [1.82, 2.24) is 0 Å². The van der Waals surface area contributed by atoms with E-state index >= 15 is 0 Å². The largest absolute Gasteiger partial charge is 0.478 e. The number of aliphatic carboxylic acids is 1. The second-order valence-corrected chi connectivity index (χ2v) is 10.8. The van der Waals surface area contributed by atoms with Crippen molar-refractivity contribution in [2.75, 3.05) is 0 Å². The fourth-order valence-corrected chi connectivity index (χ4v) is 6.38. The number of hydrogen-bond donors (Lipinski definition) is 1. The summed E-state index contributed by atoms with van der Waals surface area (Å²) in [4.78, 5) is 12.5. The molecule has 2 heteroatoms. The lowest BCUT2D eigenvalue weighted by Crippen LogP contribution is -2.30. The molecule has 0 unspecified atom stereocenters. The minimum atomic E-state index is -0.583. The second kappa shape index (κ2) is 9.14. The van der Waals surface area contributed by atoms with E-state index in [1.54, 1.807) is 0 Å². The minimum absolute atomic E-state index is 0.306. The van der Waals surface area contributed by atoms with E-state index in [4.69, 9.17) is 0 Å². The first-order chi connectivity index (χ1) is 12.9. The van der Waals surface area contributed by atoms with Crippen molar-refractivity contribution in [3.05, 3.63) is 11.1 Å². The molecule has 0 amide bonds. The van der Waals surface area contributed by atoms with Crippen molar-refractivity contribution in [3.63, 3.8) is 0 Å². The van der Waals surface area contributed by atoms with Crippen LogP contribution >= 0.6 is 0 Å². The van der Waals surface area contributed by atoms with E-state index < -0.39 is 5.97 Å². The van der Waals surface area contributed by atoms with Gasteiger partial charge in [-0.25, -0.2) is 4.79 Å². The van der Waals surface area contributed by atoms with Crippen molar-refractivity contribution in [2.45, 2.75) is 111 Å². The van der Waals surface area contributed by atoms with Crippen molar-refractivity contribution in [2.24, 2.45) is 29.1 Å². The molecule has 0 aliphatic heterocycles. The van der Waals surface area contributed by atoms with E-state index in [0.717, 1.165) is 24.3 Å². The molecule has 3 saturated carbocycles. The first kappa shape index (κ1) is 20.9. The van der Waals surface area contributed by atoms with E-state index in [2.05, 4.69) is 20.8 Å². The molecule has 0 aromatic rings. The Morgan fingerprint density at radius 2 is 1.11 bits per heavy atom. The lowest BCUT2D eigenvalue weighted by molar-refractivity contribution is -0.133. The van der Waals surface area contributed by atoms with Crippen molar-refractivity contribution in [1.29, 1.82) is 0 Å². The molecule has 27 heavy (non-hydrogen) atoms. The highest BCUT2D eigenvalue weighted by Crippen LogP contribution is 2.47. The average Bonchev–Trinajstić information content (AvgIpc) is 2.66. The van der Waals surface area contributed by atoms with Crippen LogP contribution in [0.25, 0.3) is 0 Å². The molecule has 2 nitrogen and oxygen atoms in total. The molecule has 3 fully saturated rings. The lowest BCUT2D eigenvalue weighted by atomic mass is 9.65. The molecule has 0 atom stereocenters. The summed E-state index contributed by atoms with van der Waals surface area (Å²) in [6.07, 6.45) is 17.4. The maximum Gasteiger partial charge on any atom is 0.331 e. The molecule has 3 aliphatic carbocycles. The van der Waals surface area contributed by atoms with Crippen LogP contribution in [-0.4, -0.2) is 11.1 Å². The van der Waals surface area contributed by atoms with Crippen LogP contribution in [0.2, 0.25) is 0 Å². The van der Waals surface area contributed by atoms with Gasteiger partial charge in [0.1, 0.15) is 0 Å². The number of carboxylic acid groups (broad SMARTS) is 1. The van der Waals surface area contributed by atoms with Gasteiger partial charge < -0.3 is 5.11 Å². The molecule has 0 bridgehead atoms. The molecule has 0 aromatic carbocycles.